The van der Waals surface area contributed by atoms with Gasteiger partial charge in [-0.2, -0.15) is 0 Å². The minimum Gasteiger partial charge on any atom is -0.225 e. The summed E-state index contributed by atoms with van der Waals surface area (Å²) in [5, 5.41) is 0. The summed E-state index contributed by atoms with van der Waals surface area (Å²) in [4.78, 5) is 0. The highest BCUT2D eigenvalue weighted by Crippen LogP contribution is 2.69. The van der Waals surface area contributed by atoms with Crippen LogP contribution in [0.25, 0.3) is 0 Å². The molecule has 0 saturated carbocycles. The highest BCUT2D eigenvalue weighted by molar-refractivity contribution is 7.95. The maximum atomic E-state index is 6.06. The van der Waals surface area contributed by atoms with Crippen LogP contribution in [0.4, 0.5) is 0 Å². The quantitative estimate of drug-likeness (QED) is 0.289. The molecule has 0 aromatic heterocycles. The van der Waals surface area contributed by atoms with Crippen molar-refractivity contribution in [3.05, 3.63) is 0 Å². The van der Waals surface area contributed by atoms with Gasteiger partial charge in [0.2, 0.25) is 7.82 Å². The lowest BCUT2D eigenvalue weighted by atomic mass is 9.82. The number of hydrogen-bond acceptors (Lipinski definition) is 3. The van der Waals surface area contributed by atoms with Crippen LogP contribution in [0.15, 0.2) is 0 Å². The Kier molecular flexibility index (Phi) is 10.4. The third-order valence-corrected chi connectivity index (χ3v) is 7.22. The number of rotatable bonds is 9. The standard InChI is InChI=1S/C11H23BCl4O3P/c1-7(2)17-20(18-8(3)4,19-9(5)6)12(10(13)14)11(15)16/h7-11H,1-6H3. The van der Waals surface area contributed by atoms with Crippen LogP contribution < -0.4 is 0 Å². The summed E-state index contributed by atoms with van der Waals surface area (Å²) in [5.41, 5.74) is 0. The van der Waals surface area contributed by atoms with E-state index in [1.54, 1.807) is 0 Å². The second-order valence-corrected chi connectivity index (χ2v) is 9.80. The van der Waals surface area contributed by atoms with E-state index in [0.717, 1.165) is 0 Å². The summed E-state index contributed by atoms with van der Waals surface area (Å²) in [7, 11) is -2.91. The molecule has 0 spiro atoms. The van der Waals surface area contributed by atoms with Crippen molar-refractivity contribution in [3.63, 3.8) is 0 Å². The van der Waals surface area contributed by atoms with Gasteiger partial charge in [0.25, 0.3) is 6.43 Å². The lowest BCUT2D eigenvalue weighted by Gasteiger charge is -2.41. The Morgan fingerprint density at radius 1 is 0.650 bits per heavy atom. The lowest BCUT2D eigenvalue weighted by molar-refractivity contribution is 0.0852. The Hall–Kier alpha value is 1.53. The van der Waals surface area contributed by atoms with E-state index in [0.29, 0.717) is 0 Å². The van der Waals surface area contributed by atoms with Gasteiger partial charge in [0, 0.05) is 9.47 Å². The van der Waals surface area contributed by atoms with Gasteiger partial charge in [0.15, 0.2) is 0 Å². The molecular formula is C11H23BCl4O3P. The van der Waals surface area contributed by atoms with Crippen LogP contribution in [0.5, 0.6) is 0 Å². The topological polar surface area (TPSA) is 27.7 Å². The van der Waals surface area contributed by atoms with E-state index < -0.39 is 23.7 Å². The van der Waals surface area contributed by atoms with Crippen LogP contribution in [-0.2, 0) is 13.6 Å². The Bertz CT molecular complexity index is 246. The number of hydrogen-bond donors (Lipinski definition) is 0. The Morgan fingerprint density at radius 3 is 1.05 bits per heavy atom. The molecule has 0 fully saturated rings. The van der Waals surface area contributed by atoms with Gasteiger partial charge in [-0.25, -0.2) is 13.6 Å². The van der Waals surface area contributed by atoms with Crippen molar-refractivity contribution < 1.29 is 13.6 Å². The zero-order chi connectivity index (χ0) is 16.1. The van der Waals surface area contributed by atoms with Gasteiger partial charge in [-0.15, -0.1) is 46.4 Å². The van der Waals surface area contributed by atoms with Crippen LogP contribution in [0.1, 0.15) is 41.5 Å². The second kappa shape index (κ2) is 9.62. The number of alkyl halides is 4. The smallest absolute Gasteiger partial charge is 0.225 e. The minimum atomic E-state index is -2.91. The van der Waals surface area contributed by atoms with Crippen LogP contribution in [-0.4, -0.2) is 34.2 Å². The molecule has 0 aliphatic heterocycles. The molecule has 0 aliphatic carbocycles. The number of halogens is 4. The Morgan fingerprint density at radius 2 is 0.900 bits per heavy atom. The van der Waals surface area contributed by atoms with Crippen LogP contribution >= 0.6 is 54.2 Å². The summed E-state index contributed by atoms with van der Waals surface area (Å²) in [6.45, 7) is 11.3. The Balaban J connectivity index is 5.64. The van der Waals surface area contributed by atoms with Crippen molar-refractivity contribution in [3.8, 4) is 0 Å². The van der Waals surface area contributed by atoms with Gasteiger partial charge in [-0.1, -0.05) is 0 Å². The van der Waals surface area contributed by atoms with E-state index in [1.165, 1.54) is 0 Å². The predicted molar refractivity (Wildman–Crippen MR) is 92.3 cm³/mol. The van der Waals surface area contributed by atoms with E-state index in [1.807, 2.05) is 41.5 Å². The van der Waals surface area contributed by atoms with Crippen LogP contribution in [0, 0.1) is 0 Å². The molecule has 0 aliphatic rings. The molecule has 9 heteroatoms. The van der Waals surface area contributed by atoms with E-state index in [2.05, 4.69) is 0 Å². The monoisotopic (exact) mass is 385 g/mol. The molecule has 20 heavy (non-hydrogen) atoms. The van der Waals surface area contributed by atoms with Crippen molar-refractivity contribution in [2.24, 2.45) is 0 Å². The molecule has 3 nitrogen and oxygen atoms in total. The SMILES string of the molecule is CC(C)O[P+](OC(C)C)(OC(C)C)[B-](C(Cl)Cl)C(Cl)Cl. The van der Waals surface area contributed by atoms with E-state index in [9.17, 15) is 0 Å². The molecule has 0 saturated heterocycles. The summed E-state index contributed by atoms with van der Waals surface area (Å²) < 4.78 is 16.2. The minimum absolute atomic E-state index is 0.137. The molecule has 0 heterocycles. The summed E-state index contributed by atoms with van der Waals surface area (Å²) in [6.07, 6.45) is -1.06. The third kappa shape index (κ3) is 7.20. The molecule has 121 valence electrons. The van der Waals surface area contributed by atoms with Crippen molar-refractivity contribution >= 4 is 60.7 Å². The Labute approximate surface area is 143 Å². The predicted octanol–water partition coefficient (Wildman–Crippen LogP) is 5.70. The van der Waals surface area contributed by atoms with E-state index >= 15 is 0 Å². The van der Waals surface area contributed by atoms with Crippen LogP contribution in [0.2, 0.25) is 0 Å². The fourth-order valence-corrected chi connectivity index (χ4v) is 6.97. The zero-order valence-electron chi connectivity index (χ0n) is 12.6. The first-order chi connectivity index (χ1) is 9.01. The molecule has 0 N–H and O–H groups in total. The van der Waals surface area contributed by atoms with Crippen LogP contribution in [0.3, 0.4) is 0 Å². The highest BCUT2D eigenvalue weighted by atomic mass is 35.5. The van der Waals surface area contributed by atoms with Crippen molar-refractivity contribution in [2.45, 2.75) is 69.3 Å². The van der Waals surface area contributed by atoms with Crippen molar-refractivity contribution in [1.29, 1.82) is 0 Å². The van der Waals surface area contributed by atoms with E-state index in [-0.39, 0.29) is 18.3 Å². The summed E-state index contributed by atoms with van der Waals surface area (Å²) >= 11 is 24.2. The van der Waals surface area contributed by atoms with Gasteiger partial charge < -0.3 is 0 Å². The molecule has 0 aromatic rings. The molecular weight excluding hydrogens is 364 g/mol. The first-order valence-corrected chi connectivity index (χ1v) is 9.87. The van der Waals surface area contributed by atoms with Gasteiger partial charge in [0.05, 0.1) is 18.3 Å². The first kappa shape index (κ1) is 21.5. The van der Waals surface area contributed by atoms with Crippen molar-refractivity contribution in [1.82, 2.24) is 0 Å². The van der Waals surface area contributed by atoms with E-state index in [4.69, 9.17) is 60.0 Å². The molecule has 0 amide bonds. The molecule has 0 aromatic carbocycles. The average Bonchev–Trinajstić information content (AvgIpc) is 2.10. The van der Waals surface area contributed by atoms with Gasteiger partial charge >= 0.3 is 0 Å². The first-order valence-electron chi connectivity index (χ1n) is 6.52. The molecule has 0 atom stereocenters. The lowest BCUT2D eigenvalue weighted by Crippen LogP contribution is -2.39. The maximum absolute atomic E-state index is 6.06. The third-order valence-electron chi connectivity index (χ3n) is 1.95. The van der Waals surface area contributed by atoms with Gasteiger partial charge in [-0.05, 0) is 41.5 Å². The largest absolute Gasteiger partial charge is 0.251 e. The maximum Gasteiger partial charge on any atom is 0.251 e. The molecule has 0 rings (SSSR count). The van der Waals surface area contributed by atoms with Crippen molar-refractivity contribution in [2.75, 3.05) is 0 Å². The zero-order valence-corrected chi connectivity index (χ0v) is 16.6. The average molecular weight is 387 g/mol. The molecule has 0 unspecified atom stereocenters. The second-order valence-electron chi connectivity index (χ2n) is 5.16. The fourth-order valence-electron chi connectivity index (χ4n) is 1.55. The molecule has 1 radical (unpaired) electrons. The normalized spacial score (nSPS) is 13.8. The van der Waals surface area contributed by atoms with Gasteiger partial charge in [0.1, 0.15) is 0 Å². The van der Waals surface area contributed by atoms with Gasteiger partial charge in [-0.3, -0.25) is 0 Å². The summed E-state index contributed by atoms with van der Waals surface area (Å²) in [6, 6.07) is 0. The summed E-state index contributed by atoms with van der Waals surface area (Å²) in [5.74, 6) is 0. The fraction of sp³-hybridized carbons (Fsp3) is 1.00. The highest BCUT2D eigenvalue weighted by Gasteiger charge is 2.52. The molecule has 0 bridgehead atoms.